The van der Waals surface area contributed by atoms with Gasteiger partial charge in [-0.1, -0.05) is 194 Å². The van der Waals surface area contributed by atoms with E-state index in [1.54, 1.807) is 0 Å². The number of nitrogens with zero attached hydrogens (tertiary/aromatic N) is 2. The Balaban J connectivity index is 1.09. The van der Waals surface area contributed by atoms with Crippen LogP contribution in [0.4, 0.5) is 0 Å². The van der Waals surface area contributed by atoms with Crippen LogP contribution in [0.2, 0.25) is 0 Å². The zero-order chi connectivity index (χ0) is 42.2. The maximum Gasteiger partial charge on any atom is 0.179 e. The lowest BCUT2D eigenvalue weighted by atomic mass is 9.89. The minimum Gasteiger partial charge on any atom is -0.309 e. The van der Waals surface area contributed by atoms with Gasteiger partial charge in [0.1, 0.15) is 0 Å². The van der Waals surface area contributed by atoms with Crippen molar-refractivity contribution in [2.45, 2.75) is 5.92 Å². The molecule has 13 rings (SSSR count). The van der Waals surface area contributed by atoms with E-state index in [2.05, 4.69) is 258 Å². The lowest BCUT2D eigenvalue weighted by Gasteiger charge is -2.35. The summed E-state index contributed by atoms with van der Waals surface area (Å²) < 4.78 is 4.98. The Morgan fingerprint density at radius 2 is 0.781 bits per heavy atom. The number of aromatic nitrogens is 2. The number of fused-ring (bicyclic) bond motifs is 9. The van der Waals surface area contributed by atoms with Crippen molar-refractivity contribution in [2.75, 3.05) is 0 Å². The van der Waals surface area contributed by atoms with Crippen LogP contribution in [0.3, 0.4) is 0 Å². The van der Waals surface area contributed by atoms with Crippen molar-refractivity contribution in [3.63, 3.8) is 0 Å². The Labute approximate surface area is 373 Å². The van der Waals surface area contributed by atoms with Gasteiger partial charge in [-0.25, -0.2) is 0 Å². The Kier molecular flexibility index (Phi) is 8.34. The van der Waals surface area contributed by atoms with E-state index in [4.69, 9.17) is 0 Å². The number of rotatable bonds is 7. The van der Waals surface area contributed by atoms with Crippen LogP contribution in [0.15, 0.2) is 249 Å². The summed E-state index contributed by atoms with van der Waals surface area (Å²) in [5.74, 6) is 0.184. The molecule has 12 aromatic rings. The average Bonchev–Trinajstić information content (AvgIpc) is 4.00. The van der Waals surface area contributed by atoms with Gasteiger partial charge >= 0.3 is 0 Å². The fourth-order valence-corrected chi connectivity index (χ4v) is 16.0. The third-order valence-corrected chi connectivity index (χ3v) is 18.7. The highest BCUT2D eigenvalue weighted by Crippen LogP contribution is 2.50. The molecule has 0 spiro atoms. The topological polar surface area (TPSA) is 9.86 Å². The van der Waals surface area contributed by atoms with Gasteiger partial charge in [-0.05, 0) is 103 Å². The number of para-hydroxylation sites is 3. The van der Waals surface area contributed by atoms with E-state index >= 15 is 0 Å². The number of benzene rings is 10. The summed E-state index contributed by atoms with van der Waals surface area (Å²) in [4.78, 5) is 0. The number of hydrogen-bond donors (Lipinski definition) is 0. The van der Waals surface area contributed by atoms with Crippen molar-refractivity contribution >= 4 is 72.4 Å². The first-order chi connectivity index (χ1) is 31.8. The summed E-state index contributed by atoms with van der Waals surface area (Å²) in [5.41, 5.74) is 13.9. The summed E-state index contributed by atoms with van der Waals surface area (Å²) in [7, 11) is -3.01. The molecule has 2 aromatic heterocycles. The van der Waals surface area contributed by atoms with Crippen molar-refractivity contribution < 1.29 is 0 Å². The highest BCUT2D eigenvalue weighted by molar-refractivity contribution is 7.20. The van der Waals surface area contributed by atoms with Crippen LogP contribution in [0.5, 0.6) is 0 Å². The fraction of sp³-hybridized carbons (Fsp3) is 0.0164. The number of hydrogen-bond acceptors (Lipinski definition) is 0. The predicted molar refractivity (Wildman–Crippen MR) is 272 cm³/mol. The Bertz CT molecular complexity index is 3680. The molecule has 10 aromatic carbocycles. The minimum absolute atomic E-state index is 0.184. The van der Waals surface area contributed by atoms with Crippen molar-refractivity contribution in [1.82, 2.24) is 9.13 Å². The molecule has 1 unspecified atom stereocenters. The zero-order valence-electron chi connectivity index (χ0n) is 35.1. The Hall–Kier alpha value is -7.98. The second kappa shape index (κ2) is 14.6. The van der Waals surface area contributed by atoms with Gasteiger partial charge in [0.15, 0.2) is 8.07 Å². The second-order valence-corrected chi connectivity index (χ2v) is 21.0. The predicted octanol–water partition coefficient (Wildman–Crippen LogP) is 12.4. The molecule has 1 aliphatic rings. The molecule has 0 N–H and O–H groups in total. The highest BCUT2D eigenvalue weighted by atomic mass is 28.3. The summed E-state index contributed by atoms with van der Waals surface area (Å²) in [6.07, 6.45) is 0. The molecule has 0 bridgehead atoms. The smallest absolute Gasteiger partial charge is 0.179 e. The van der Waals surface area contributed by atoms with Crippen LogP contribution in [0.1, 0.15) is 22.6 Å². The molecule has 0 fully saturated rings. The van der Waals surface area contributed by atoms with Gasteiger partial charge in [-0.15, -0.1) is 0 Å². The van der Waals surface area contributed by atoms with E-state index in [9.17, 15) is 0 Å². The Morgan fingerprint density at radius 3 is 1.48 bits per heavy atom. The molecule has 2 heterocycles. The SMILES string of the molecule is c1ccc(C2c3ccccc3-c3cc4c(cc32)c2ccccc2n4-c2cccc([Si](c3ccccc3)(c3ccccc3)c3ccc4c5ccccc5n(-c5ccccc5)c4c3)c2)cc1. The minimum atomic E-state index is -3.01. The molecule has 0 aliphatic heterocycles. The molecule has 2 nitrogen and oxygen atoms in total. The highest BCUT2D eigenvalue weighted by Gasteiger charge is 2.42. The Morgan fingerprint density at radius 1 is 0.281 bits per heavy atom. The quantitative estimate of drug-likeness (QED) is 0.112. The first-order valence-electron chi connectivity index (χ1n) is 22.3. The lowest BCUT2D eigenvalue weighted by molar-refractivity contribution is 1.02. The molecule has 0 radical (unpaired) electrons. The molecule has 1 atom stereocenters. The first-order valence-corrected chi connectivity index (χ1v) is 24.3. The van der Waals surface area contributed by atoms with E-state index in [1.165, 1.54) is 92.2 Å². The fourth-order valence-electron chi connectivity index (χ4n) is 11.3. The van der Waals surface area contributed by atoms with Gasteiger partial charge in [0.2, 0.25) is 0 Å². The monoisotopic (exact) mass is 830 g/mol. The first kappa shape index (κ1) is 36.7. The van der Waals surface area contributed by atoms with Crippen LogP contribution in [-0.4, -0.2) is 17.2 Å². The maximum atomic E-state index is 2.53. The van der Waals surface area contributed by atoms with Crippen LogP contribution < -0.4 is 20.7 Å². The molecular weight excluding hydrogens is 789 g/mol. The van der Waals surface area contributed by atoms with E-state index < -0.39 is 8.07 Å². The standard InChI is InChI=1S/C61H42N2Si/c1-5-20-42(21-6-1)61-53-33-14-13-30-49(53)54-41-60-55(40-56(54)61)51-32-16-18-35-58(51)63(60)44-24-19-29-47(38-44)64(45-25-9-3-10-26-45,46-27-11-4-12-28-46)48-36-37-52-50-31-15-17-34-57(50)62(59(52)39-48)43-22-7-2-8-23-43/h1-41,61H. The van der Waals surface area contributed by atoms with E-state index in [-0.39, 0.29) is 5.92 Å². The third-order valence-electron chi connectivity index (χ3n) is 13.9. The van der Waals surface area contributed by atoms with E-state index in [1.807, 2.05) is 0 Å². The van der Waals surface area contributed by atoms with Crippen LogP contribution in [0.25, 0.3) is 66.1 Å². The van der Waals surface area contributed by atoms with E-state index in [0.717, 1.165) is 11.4 Å². The van der Waals surface area contributed by atoms with Crippen LogP contribution >= 0.6 is 0 Å². The summed E-state index contributed by atoms with van der Waals surface area (Å²) in [6, 6.07) is 93.2. The summed E-state index contributed by atoms with van der Waals surface area (Å²) in [6.45, 7) is 0. The largest absolute Gasteiger partial charge is 0.309 e. The molecular formula is C61H42N2Si. The molecule has 0 saturated heterocycles. The van der Waals surface area contributed by atoms with E-state index in [0.29, 0.717) is 0 Å². The van der Waals surface area contributed by atoms with Gasteiger partial charge in [-0.2, -0.15) is 0 Å². The molecule has 300 valence electrons. The van der Waals surface area contributed by atoms with Gasteiger partial charge in [0, 0.05) is 38.8 Å². The zero-order valence-corrected chi connectivity index (χ0v) is 36.1. The summed E-state index contributed by atoms with van der Waals surface area (Å²) >= 11 is 0. The van der Waals surface area contributed by atoms with Crippen molar-refractivity contribution in [3.8, 4) is 22.5 Å². The van der Waals surface area contributed by atoms with Gasteiger partial charge in [-0.3, -0.25) is 0 Å². The molecule has 3 heteroatoms. The second-order valence-electron chi connectivity index (χ2n) is 17.2. The molecule has 1 aliphatic carbocycles. The molecule has 0 saturated carbocycles. The van der Waals surface area contributed by atoms with Crippen molar-refractivity contribution in [1.29, 1.82) is 0 Å². The molecule has 64 heavy (non-hydrogen) atoms. The lowest BCUT2D eigenvalue weighted by Crippen LogP contribution is -2.74. The van der Waals surface area contributed by atoms with Gasteiger partial charge in [0.05, 0.1) is 22.1 Å². The van der Waals surface area contributed by atoms with Crippen molar-refractivity contribution in [2.24, 2.45) is 0 Å². The van der Waals surface area contributed by atoms with Gasteiger partial charge < -0.3 is 9.13 Å². The normalized spacial score (nSPS) is 13.5. The van der Waals surface area contributed by atoms with Crippen molar-refractivity contribution in [3.05, 3.63) is 265 Å². The third kappa shape index (κ3) is 5.38. The molecule has 0 amide bonds. The van der Waals surface area contributed by atoms with Crippen LogP contribution in [-0.2, 0) is 0 Å². The average molecular weight is 831 g/mol. The van der Waals surface area contributed by atoms with Crippen LogP contribution in [0, 0.1) is 0 Å². The maximum absolute atomic E-state index is 3.01. The summed E-state index contributed by atoms with van der Waals surface area (Å²) in [5, 5.41) is 10.5. The van der Waals surface area contributed by atoms with Gasteiger partial charge in [0.25, 0.3) is 0 Å².